The molecular formula is C26H27N3O3S. The predicted molar refractivity (Wildman–Crippen MR) is 132 cm³/mol. The Hall–Kier alpha value is -3.45. The number of ether oxygens (including phenoxy) is 2. The van der Waals surface area contributed by atoms with Gasteiger partial charge in [0.2, 0.25) is 0 Å². The first-order valence-corrected chi connectivity index (χ1v) is 11.9. The van der Waals surface area contributed by atoms with Gasteiger partial charge in [-0.05, 0) is 55.0 Å². The second-order valence-corrected chi connectivity index (χ2v) is 8.63. The van der Waals surface area contributed by atoms with Gasteiger partial charge in [-0.2, -0.15) is 0 Å². The van der Waals surface area contributed by atoms with Crippen molar-refractivity contribution in [3.05, 3.63) is 78.1 Å². The molecule has 0 fully saturated rings. The van der Waals surface area contributed by atoms with Gasteiger partial charge < -0.3 is 9.47 Å². The Labute approximate surface area is 197 Å². The molecule has 0 N–H and O–H groups in total. The highest BCUT2D eigenvalue weighted by Gasteiger charge is 2.23. The van der Waals surface area contributed by atoms with Crippen LogP contribution < -0.4 is 14.4 Å². The third-order valence-corrected chi connectivity index (χ3v) is 6.25. The summed E-state index contributed by atoms with van der Waals surface area (Å²) in [5.41, 5.74) is 2.16. The molecule has 0 aliphatic heterocycles. The van der Waals surface area contributed by atoms with Crippen molar-refractivity contribution in [1.82, 2.24) is 9.97 Å². The Bertz CT molecular complexity index is 1210. The van der Waals surface area contributed by atoms with Gasteiger partial charge in [0, 0.05) is 11.8 Å². The van der Waals surface area contributed by atoms with E-state index in [1.165, 1.54) is 11.3 Å². The van der Waals surface area contributed by atoms with E-state index in [1.54, 1.807) is 24.3 Å². The lowest BCUT2D eigenvalue weighted by Gasteiger charge is -2.20. The second-order valence-electron chi connectivity index (χ2n) is 7.63. The second kappa shape index (κ2) is 10.9. The minimum atomic E-state index is -0.148. The maximum absolute atomic E-state index is 13.7. The smallest absolute Gasteiger partial charge is 0.260 e. The number of fused-ring (bicyclic) bond motifs is 1. The Balaban J connectivity index is 1.64. The molecule has 2 aromatic carbocycles. The first-order valence-electron chi connectivity index (χ1n) is 11.1. The van der Waals surface area contributed by atoms with E-state index in [2.05, 4.69) is 11.9 Å². The molecule has 0 unspecified atom stereocenters. The van der Waals surface area contributed by atoms with Gasteiger partial charge in [0.05, 0.1) is 36.2 Å². The minimum Gasteiger partial charge on any atom is -0.497 e. The van der Waals surface area contributed by atoms with E-state index in [0.717, 1.165) is 40.9 Å². The molecular weight excluding hydrogens is 434 g/mol. The van der Waals surface area contributed by atoms with Crippen molar-refractivity contribution in [2.45, 2.75) is 32.7 Å². The number of thiazole rings is 1. The highest BCUT2D eigenvalue weighted by atomic mass is 32.1. The van der Waals surface area contributed by atoms with Crippen LogP contribution >= 0.6 is 11.3 Å². The number of aromatic nitrogens is 2. The minimum absolute atomic E-state index is 0.148. The van der Waals surface area contributed by atoms with E-state index in [4.69, 9.17) is 14.5 Å². The van der Waals surface area contributed by atoms with Gasteiger partial charge in [-0.15, -0.1) is 0 Å². The van der Waals surface area contributed by atoms with Crippen molar-refractivity contribution in [3.8, 4) is 11.5 Å². The number of pyridine rings is 1. The Morgan fingerprint density at radius 3 is 2.73 bits per heavy atom. The Morgan fingerprint density at radius 2 is 1.94 bits per heavy atom. The number of carbonyl (C=O) groups excluding carboxylic acids is 1. The fourth-order valence-corrected chi connectivity index (χ4v) is 4.42. The summed E-state index contributed by atoms with van der Waals surface area (Å²) in [7, 11) is 1.64. The number of benzene rings is 2. The van der Waals surface area contributed by atoms with Crippen LogP contribution in [0.1, 0.15) is 42.2 Å². The molecule has 33 heavy (non-hydrogen) atoms. The number of nitrogens with zero attached hydrogens (tertiary/aromatic N) is 3. The van der Waals surface area contributed by atoms with Crippen LogP contribution in [0.25, 0.3) is 10.2 Å². The van der Waals surface area contributed by atoms with Crippen molar-refractivity contribution in [3.63, 3.8) is 0 Å². The molecule has 6 nitrogen and oxygen atoms in total. The van der Waals surface area contributed by atoms with Crippen molar-refractivity contribution in [2.24, 2.45) is 0 Å². The molecule has 4 rings (SSSR count). The van der Waals surface area contributed by atoms with Gasteiger partial charge in [-0.1, -0.05) is 43.2 Å². The lowest BCUT2D eigenvalue weighted by Crippen LogP contribution is -2.30. The first-order chi connectivity index (χ1) is 16.2. The van der Waals surface area contributed by atoms with Gasteiger partial charge in [0.25, 0.3) is 5.91 Å². The molecule has 0 saturated carbocycles. The maximum atomic E-state index is 13.7. The number of amides is 1. The predicted octanol–water partition coefficient (Wildman–Crippen LogP) is 6.12. The normalized spacial score (nSPS) is 10.8. The summed E-state index contributed by atoms with van der Waals surface area (Å²) in [5, 5.41) is 0.614. The van der Waals surface area contributed by atoms with Crippen LogP contribution in [0.4, 0.5) is 5.13 Å². The van der Waals surface area contributed by atoms with Crippen LogP contribution in [0.3, 0.4) is 0 Å². The molecule has 0 spiro atoms. The molecule has 1 amide bonds. The zero-order chi connectivity index (χ0) is 23.0. The number of anilines is 1. The SMILES string of the molecule is CCCCCOc1cccc(C(=O)N(Cc2ccccn2)c2nc3ccc(OC)cc3s2)c1. The van der Waals surface area contributed by atoms with E-state index in [0.29, 0.717) is 29.6 Å². The summed E-state index contributed by atoms with van der Waals surface area (Å²) >= 11 is 1.46. The van der Waals surface area contributed by atoms with Crippen molar-refractivity contribution in [2.75, 3.05) is 18.6 Å². The first kappa shape index (κ1) is 22.7. The molecule has 0 aliphatic rings. The summed E-state index contributed by atoms with van der Waals surface area (Å²) in [5.74, 6) is 1.31. The van der Waals surface area contributed by atoms with Crippen LogP contribution in [0.2, 0.25) is 0 Å². The Kier molecular flexibility index (Phi) is 7.52. The average molecular weight is 462 g/mol. The molecule has 4 aromatic rings. The van der Waals surface area contributed by atoms with Crippen LogP contribution in [-0.4, -0.2) is 29.6 Å². The summed E-state index contributed by atoms with van der Waals surface area (Å²) in [6, 6.07) is 18.7. The molecule has 0 radical (unpaired) electrons. The van der Waals surface area contributed by atoms with Crippen molar-refractivity contribution in [1.29, 1.82) is 0 Å². The van der Waals surface area contributed by atoms with Gasteiger partial charge in [-0.25, -0.2) is 4.98 Å². The van der Waals surface area contributed by atoms with Crippen molar-refractivity contribution >= 4 is 32.6 Å². The average Bonchev–Trinajstić information content (AvgIpc) is 3.28. The molecule has 2 aromatic heterocycles. The van der Waals surface area contributed by atoms with Gasteiger partial charge >= 0.3 is 0 Å². The standard InChI is InChI=1S/C26H27N3O3S/c1-3-4-7-15-32-22-11-8-9-19(16-22)25(30)29(18-20-10-5-6-14-27-20)26-28-23-13-12-21(31-2)17-24(23)33-26/h5-6,8-14,16-17H,3-4,7,15,18H2,1-2H3. The number of rotatable bonds is 10. The van der Waals surface area contributed by atoms with E-state index in [1.807, 2.05) is 54.6 Å². The number of hydrogen-bond donors (Lipinski definition) is 0. The molecule has 2 heterocycles. The molecule has 7 heteroatoms. The Morgan fingerprint density at radius 1 is 1.03 bits per heavy atom. The monoisotopic (exact) mass is 461 g/mol. The molecule has 170 valence electrons. The zero-order valence-electron chi connectivity index (χ0n) is 18.9. The van der Waals surface area contributed by atoms with Crippen LogP contribution in [0, 0.1) is 0 Å². The topological polar surface area (TPSA) is 64.5 Å². The van der Waals surface area contributed by atoms with Gasteiger partial charge in [0.1, 0.15) is 11.5 Å². The van der Waals surface area contributed by atoms with Gasteiger partial charge in [0.15, 0.2) is 5.13 Å². The molecule has 0 aliphatic carbocycles. The fraction of sp³-hybridized carbons (Fsp3) is 0.269. The third-order valence-electron chi connectivity index (χ3n) is 5.20. The fourth-order valence-electron chi connectivity index (χ4n) is 3.43. The zero-order valence-corrected chi connectivity index (χ0v) is 19.7. The number of methoxy groups -OCH3 is 1. The van der Waals surface area contributed by atoms with Crippen LogP contribution in [0.5, 0.6) is 11.5 Å². The van der Waals surface area contributed by atoms with Crippen LogP contribution in [-0.2, 0) is 6.54 Å². The third kappa shape index (κ3) is 5.68. The van der Waals surface area contributed by atoms with E-state index < -0.39 is 0 Å². The number of carbonyl (C=O) groups is 1. The van der Waals surface area contributed by atoms with E-state index in [9.17, 15) is 4.79 Å². The lowest BCUT2D eigenvalue weighted by atomic mass is 10.2. The lowest BCUT2D eigenvalue weighted by molar-refractivity contribution is 0.0984. The summed E-state index contributed by atoms with van der Waals surface area (Å²) in [6.45, 7) is 3.12. The molecule has 0 saturated heterocycles. The summed E-state index contributed by atoms with van der Waals surface area (Å²) in [6.07, 6.45) is 4.99. The molecule has 0 bridgehead atoms. The number of unbranched alkanes of at least 4 members (excludes halogenated alkanes) is 2. The van der Waals surface area contributed by atoms with Crippen molar-refractivity contribution < 1.29 is 14.3 Å². The van der Waals surface area contributed by atoms with Crippen LogP contribution in [0.15, 0.2) is 66.9 Å². The number of hydrogen-bond acceptors (Lipinski definition) is 6. The highest BCUT2D eigenvalue weighted by Crippen LogP contribution is 2.33. The quantitative estimate of drug-likeness (QED) is 0.266. The summed E-state index contributed by atoms with van der Waals surface area (Å²) < 4.78 is 12.2. The molecule has 0 atom stereocenters. The maximum Gasteiger partial charge on any atom is 0.260 e. The van der Waals surface area contributed by atoms with Gasteiger partial charge in [-0.3, -0.25) is 14.7 Å². The van der Waals surface area contributed by atoms with E-state index >= 15 is 0 Å². The summed E-state index contributed by atoms with van der Waals surface area (Å²) in [4.78, 5) is 24.5. The van der Waals surface area contributed by atoms with E-state index in [-0.39, 0.29) is 5.91 Å². The highest BCUT2D eigenvalue weighted by molar-refractivity contribution is 7.22. The largest absolute Gasteiger partial charge is 0.497 e.